The molecule has 51 heavy (non-hydrogen) atoms. The molecule has 5 heterocycles. The van der Waals surface area contributed by atoms with Gasteiger partial charge in [-0.25, -0.2) is 9.59 Å². The molecule has 0 spiro atoms. The summed E-state index contributed by atoms with van der Waals surface area (Å²) in [7, 11) is 1.00. The first-order chi connectivity index (χ1) is 24.1. The van der Waals surface area contributed by atoms with Gasteiger partial charge in [0, 0.05) is 41.4 Å². The van der Waals surface area contributed by atoms with Crippen molar-refractivity contribution < 1.29 is 53.6 Å². The second-order valence-corrected chi connectivity index (χ2v) is 13.6. The van der Waals surface area contributed by atoms with Crippen LogP contribution in [0.5, 0.6) is 0 Å². The van der Waals surface area contributed by atoms with Crippen LogP contribution in [0.1, 0.15) is 45.7 Å². The van der Waals surface area contributed by atoms with E-state index in [-0.39, 0.29) is 38.1 Å². The van der Waals surface area contributed by atoms with E-state index < -0.39 is 59.6 Å². The van der Waals surface area contributed by atoms with Crippen molar-refractivity contribution in [3.05, 3.63) is 68.7 Å². The molecule has 0 radical (unpaired) electrons. The maximum Gasteiger partial charge on any atom is 0.322 e. The average molecular weight is 752 g/mol. The second kappa shape index (κ2) is 14.3. The number of rotatable bonds is 7. The first-order valence-corrected chi connectivity index (χ1v) is 16.3. The Morgan fingerprint density at radius 1 is 0.824 bits per heavy atom. The molecule has 17 nitrogen and oxygen atoms in total. The molecule has 0 unspecified atom stereocenters. The van der Waals surface area contributed by atoms with E-state index in [4.69, 9.17) is 37.8 Å². The number of fused-ring (bicyclic) bond motifs is 2. The molecule has 0 aromatic heterocycles. The molecule has 0 aliphatic carbocycles. The van der Waals surface area contributed by atoms with Gasteiger partial charge in [-0.05, 0) is 49.2 Å². The summed E-state index contributed by atoms with van der Waals surface area (Å²) < 4.78 is 11.4. The minimum Gasteiger partial charge on any atom is -0.400 e. The van der Waals surface area contributed by atoms with Crippen molar-refractivity contribution in [3.8, 4) is 0 Å². The number of nitrogens with zero attached hydrogens (tertiary/aromatic N) is 2. The molecular formula is C32H36Cl2N6O11. The Kier molecular flexibility index (Phi) is 10.7. The Hall–Kier alpha value is -4.36. The van der Waals surface area contributed by atoms with E-state index >= 15 is 0 Å². The fourth-order valence-electron chi connectivity index (χ4n) is 6.51. The standard InChI is InChI=1S/C17H18ClN3O5.C14H14ClN3O5.CH4O/c1-16(2)25-7-12(26-16)17(14(23)19-15(24)20-17)8-21-6-9-3-4-10(18)5-11(9)13(21)22;15-8-2-1-7-4-18(11(21)9(7)3-8)6-14(10(20)5-19)12(22)16-13(23)17-14;1-2/h3-5,12H,6-8H2,1-2H3,(H2,19,20,23,24);1-3,10,19-20H,4-6H2,(H2,16,17,22,23);2H,1H3/t12-,17+;10-,14+;/m11./s1. The first-order valence-electron chi connectivity index (χ1n) is 15.6. The smallest absolute Gasteiger partial charge is 0.322 e. The lowest BCUT2D eigenvalue weighted by Gasteiger charge is -2.35. The molecule has 3 fully saturated rings. The third-order valence-electron chi connectivity index (χ3n) is 9.02. The number of urea groups is 2. The van der Waals surface area contributed by atoms with Crippen molar-refractivity contribution in [1.82, 2.24) is 31.1 Å². The lowest BCUT2D eigenvalue weighted by molar-refractivity contribution is -0.153. The van der Waals surface area contributed by atoms with Crippen LogP contribution in [0.15, 0.2) is 36.4 Å². The topological polar surface area (TPSA) is 236 Å². The Morgan fingerprint density at radius 2 is 1.33 bits per heavy atom. The minimum absolute atomic E-state index is 0.0280. The number of benzene rings is 2. The Labute approximate surface area is 301 Å². The number of carbonyl (C=O) groups is 6. The van der Waals surface area contributed by atoms with E-state index in [0.717, 1.165) is 18.2 Å². The minimum atomic E-state index is -1.78. The fraction of sp³-hybridized carbons (Fsp3) is 0.438. The van der Waals surface area contributed by atoms with Crippen LogP contribution in [0.4, 0.5) is 9.59 Å². The number of ether oxygens (including phenoxy) is 2. The van der Waals surface area contributed by atoms with E-state index in [0.29, 0.717) is 27.7 Å². The SMILES string of the molecule is CC1(C)OC[C@H]([C@]2(CN3Cc4ccc(Cl)cc4C3=O)NC(=O)NC2=O)O1.CO.O=C1NC(=O)[C@](CN2Cc3ccc(Cl)cc3C2=O)([C@H](O)CO)N1. The highest BCUT2D eigenvalue weighted by atomic mass is 35.5. The van der Waals surface area contributed by atoms with Crippen molar-refractivity contribution in [1.29, 1.82) is 0 Å². The van der Waals surface area contributed by atoms with Crippen molar-refractivity contribution in [2.45, 2.75) is 56.0 Å². The summed E-state index contributed by atoms with van der Waals surface area (Å²) in [6.07, 6.45) is -2.27. The number of aliphatic hydroxyl groups is 3. The monoisotopic (exact) mass is 750 g/mol. The number of carbonyl (C=O) groups excluding carboxylic acids is 6. The van der Waals surface area contributed by atoms with Gasteiger partial charge in [0.05, 0.1) is 26.3 Å². The molecule has 7 rings (SSSR count). The van der Waals surface area contributed by atoms with Gasteiger partial charge in [-0.2, -0.15) is 0 Å². The number of hydrogen-bond donors (Lipinski definition) is 7. The van der Waals surface area contributed by atoms with Gasteiger partial charge in [0.1, 0.15) is 12.2 Å². The zero-order valence-electron chi connectivity index (χ0n) is 27.6. The summed E-state index contributed by atoms with van der Waals surface area (Å²) in [5.41, 5.74) is -0.724. The molecule has 4 atom stereocenters. The van der Waals surface area contributed by atoms with Gasteiger partial charge in [-0.3, -0.25) is 29.8 Å². The molecule has 5 aliphatic heterocycles. The summed E-state index contributed by atoms with van der Waals surface area (Å²) in [6, 6.07) is 8.60. The number of hydrogen-bond acceptors (Lipinski definition) is 11. The highest BCUT2D eigenvalue weighted by Crippen LogP contribution is 2.34. The molecular weight excluding hydrogens is 715 g/mol. The number of aliphatic hydroxyl groups excluding tert-OH is 3. The Bertz CT molecular complexity index is 1790. The summed E-state index contributed by atoms with van der Waals surface area (Å²) >= 11 is 11.9. The maximum atomic E-state index is 12.8. The summed E-state index contributed by atoms with van der Waals surface area (Å²) in [5.74, 6) is -2.80. The van der Waals surface area contributed by atoms with Crippen LogP contribution in [-0.4, -0.2) is 123 Å². The predicted octanol–water partition coefficient (Wildman–Crippen LogP) is -0.139. The van der Waals surface area contributed by atoms with Crippen LogP contribution in [0, 0.1) is 0 Å². The zero-order chi connectivity index (χ0) is 37.5. The van der Waals surface area contributed by atoms with Crippen molar-refractivity contribution >= 4 is 58.9 Å². The number of amides is 8. The van der Waals surface area contributed by atoms with E-state index in [2.05, 4.69) is 16.0 Å². The number of imide groups is 2. The third-order valence-corrected chi connectivity index (χ3v) is 9.49. The summed E-state index contributed by atoms with van der Waals surface area (Å²) in [5, 5.41) is 36.4. The van der Waals surface area contributed by atoms with Gasteiger partial charge in [0.15, 0.2) is 16.9 Å². The molecule has 0 saturated carbocycles. The van der Waals surface area contributed by atoms with Gasteiger partial charge in [0.2, 0.25) is 0 Å². The molecule has 274 valence electrons. The predicted molar refractivity (Wildman–Crippen MR) is 177 cm³/mol. The van der Waals surface area contributed by atoms with Crippen LogP contribution in [0.25, 0.3) is 0 Å². The van der Waals surface area contributed by atoms with E-state index in [1.54, 1.807) is 44.2 Å². The number of halogens is 2. The number of nitrogens with one attached hydrogen (secondary N) is 4. The first kappa shape index (κ1) is 37.9. The van der Waals surface area contributed by atoms with Crippen LogP contribution in [0.2, 0.25) is 10.0 Å². The highest BCUT2D eigenvalue weighted by Gasteiger charge is 2.58. The average Bonchev–Trinajstić information content (AvgIpc) is 3.85. The largest absolute Gasteiger partial charge is 0.400 e. The van der Waals surface area contributed by atoms with Crippen molar-refractivity contribution in [2.75, 3.05) is 33.4 Å². The van der Waals surface area contributed by atoms with Crippen LogP contribution in [-0.2, 0) is 32.2 Å². The van der Waals surface area contributed by atoms with Gasteiger partial charge in [-0.15, -0.1) is 0 Å². The second-order valence-electron chi connectivity index (χ2n) is 12.7. The molecule has 2 aromatic rings. The van der Waals surface area contributed by atoms with E-state index in [1.807, 2.05) is 5.32 Å². The molecule has 3 saturated heterocycles. The van der Waals surface area contributed by atoms with Gasteiger partial charge in [-0.1, -0.05) is 35.3 Å². The summed E-state index contributed by atoms with van der Waals surface area (Å²) in [4.78, 5) is 76.1. The maximum absolute atomic E-state index is 12.8. The molecule has 19 heteroatoms. The van der Waals surface area contributed by atoms with Gasteiger partial charge < -0.3 is 45.2 Å². The third kappa shape index (κ3) is 7.10. The molecule has 5 aliphatic rings. The molecule has 2 aromatic carbocycles. The van der Waals surface area contributed by atoms with Crippen molar-refractivity contribution in [2.24, 2.45) is 0 Å². The lowest BCUT2D eigenvalue weighted by atomic mass is 9.91. The quantitative estimate of drug-likeness (QED) is 0.184. The van der Waals surface area contributed by atoms with Gasteiger partial charge >= 0.3 is 12.1 Å². The fourth-order valence-corrected chi connectivity index (χ4v) is 6.86. The van der Waals surface area contributed by atoms with Crippen molar-refractivity contribution in [3.63, 3.8) is 0 Å². The Morgan fingerprint density at radius 3 is 1.76 bits per heavy atom. The Balaban J connectivity index is 0.000000190. The molecule has 0 bridgehead atoms. The van der Waals surface area contributed by atoms with E-state index in [1.165, 1.54) is 15.9 Å². The lowest BCUT2D eigenvalue weighted by Crippen LogP contribution is -2.63. The van der Waals surface area contributed by atoms with Crippen LogP contribution in [0.3, 0.4) is 0 Å². The van der Waals surface area contributed by atoms with E-state index in [9.17, 15) is 39.0 Å². The van der Waals surface area contributed by atoms with Crippen LogP contribution < -0.4 is 21.3 Å². The summed E-state index contributed by atoms with van der Waals surface area (Å²) in [6.45, 7) is 3.09. The molecule has 8 amide bonds. The molecule has 7 N–H and O–H groups in total. The normalized spacial score (nSPS) is 26.3. The van der Waals surface area contributed by atoms with Gasteiger partial charge in [0.25, 0.3) is 23.6 Å². The highest BCUT2D eigenvalue weighted by molar-refractivity contribution is 6.31. The zero-order valence-corrected chi connectivity index (χ0v) is 29.1. The van der Waals surface area contributed by atoms with Crippen LogP contribution >= 0.6 is 23.2 Å².